The maximum atomic E-state index is 13.2. The lowest BCUT2D eigenvalue weighted by molar-refractivity contribution is -0.161. The monoisotopic (exact) mass is 915 g/mol. The quantitative estimate of drug-likeness (QED) is 0.0316. The third-order valence-corrected chi connectivity index (χ3v) is 13.1. The predicted molar refractivity (Wildman–Crippen MR) is 261 cm³/mol. The number of benzene rings is 1. The number of hydrogen-bond acceptors (Lipinski definition) is 10. The van der Waals surface area contributed by atoms with E-state index in [4.69, 9.17) is 29.2 Å². The van der Waals surface area contributed by atoms with Gasteiger partial charge in [0.05, 0.1) is 24.2 Å². The van der Waals surface area contributed by atoms with Gasteiger partial charge >= 0.3 is 19.8 Å². The number of rotatable bonds is 41. The Bertz CT molecular complexity index is 1750. The summed E-state index contributed by atoms with van der Waals surface area (Å²) in [4.78, 5) is 45.8. The molecule has 0 aliphatic rings. The molecule has 2 aromatic heterocycles. The molecule has 0 saturated heterocycles. The fourth-order valence-corrected chi connectivity index (χ4v) is 9.07. The maximum absolute atomic E-state index is 13.2. The molecule has 2 atom stereocenters. The first kappa shape index (κ1) is 55.3. The number of carbonyl (C=O) groups excluding carboxylic acids is 2. The van der Waals surface area contributed by atoms with Gasteiger partial charge in [0.1, 0.15) is 17.9 Å². The second-order valence-electron chi connectivity index (χ2n) is 17.9. The normalized spacial score (nSPS) is 13.1. The lowest BCUT2D eigenvalue weighted by atomic mass is 10.0. The van der Waals surface area contributed by atoms with Crippen molar-refractivity contribution in [3.8, 4) is 0 Å². The summed E-state index contributed by atoms with van der Waals surface area (Å²) in [6.45, 7) is 5.92. The van der Waals surface area contributed by atoms with E-state index < -0.39 is 26.5 Å². The van der Waals surface area contributed by atoms with E-state index in [0.717, 1.165) is 73.6 Å². The van der Waals surface area contributed by atoms with Crippen LogP contribution in [0.15, 0.2) is 24.3 Å². The van der Waals surface area contributed by atoms with Crippen LogP contribution in [0.25, 0.3) is 21.9 Å². The van der Waals surface area contributed by atoms with Crippen molar-refractivity contribution < 1.29 is 37.6 Å². The van der Waals surface area contributed by atoms with Crippen LogP contribution in [0.3, 0.4) is 0 Å². The van der Waals surface area contributed by atoms with E-state index in [-0.39, 0.29) is 38.6 Å². The highest BCUT2D eigenvalue weighted by molar-refractivity contribution is 7.47. The summed E-state index contributed by atoms with van der Waals surface area (Å²) in [7, 11) is -4.61. The van der Waals surface area contributed by atoms with Crippen LogP contribution in [-0.4, -0.2) is 57.3 Å². The van der Waals surface area contributed by atoms with Crippen LogP contribution in [0.1, 0.15) is 219 Å². The van der Waals surface area contributed by atoms with Crippen LogP contribution in [0.2, 0.25) is 0 Å². The number of hydrogen-bond donors (Lipinski definition) is 2. The lowest BCUT2D eigenvalue weighted by Crippen LogP contribution is -2.29. The Labute approximate surface area is 386 Å². The molecule has 0 amide bonds. The fraction of sp³-hybridized carbons (Fsp3) is 0.765. The summed E-state index contributed by atoms with van der Waals surface area (Å²) < 4.78 is 37.3. The molecule has 3 aromatic rings. The van der Waals surface area contributed by atoms with Crippen LogP contribution in [-0.2, 0) is 45.6 Å². The number of nitrogen functional groups attached to an aromatic ring is 1. The van der Waals surface area contributed by atoms with Crippen LogP contribution < -0.4 is 5.73 Å². The number of fused-ring (bicyclic) bond motifs is 3. The van der Waals surface area contributed by atoms with Crippen LogP contribution in [0, 0.1) is 0 Å². The van der Waals surface area contributed by atoms with Crippen molar-refractivity contribution in [1.29, 1.82) is 0 Å². The molecule has 12 nitrogen and oxygen atoms in total. The zero-order valence-corrected chi connectivity index (χ0v) is 41.2. The van der Waals surface area contributed by atoms with Crippen molar-refractivity contribution in [2.75, 3.05) is 25.6 Å². The third kappa shape index (κ3) is 23.4. The summed E-state index contributed by atoms with van der Waals surface area (Å²) in [5, 5.41) is 0.873. The highest BCUT2D eigenvalue weighted by atomic mass is 31.2. The highest BCUT2D eigenvalue weighted by Crippen LogP contribution is 2.43. The molecule has 1 unspecified atom stereocenters. The number of esters is 2. The number of nitrogens with zero attached hydrogens (tertiary/aromatic N) is 3. The molecule has 3 rings (SSSR count). The summed E-state index contributed by atoms with van der Waals surface area (Å²) in [6, 6.07) is 7.67. The molecule has 0 spiro atoms. The molecule has 0 aliphatic carbocycles. The van der Waals surface area contributed by atoms with Gasteiger partial charge in [-0.25, -0.2) is 14.5 Å². The number of ether oxygens (including phenoxy) is 2. The number of para-hydroxylation sites is 1. The van der Waals surface area contributed by atoms with Gasteiger partial charge in [-0.2, -0.15) is 0 Å². The number of aryl methyl sites for hydroxylation is 1. The predicted octanol–water partition coefficient (Wildman–Crippen LogP) is 14.1. The minimum absolute atomic E-state index is 0.160. The summed E-state index contributed by atoms with van der Waals surface area (Å²) >= 11 is 0. The van der Waals surface area contributed by atoms with Crippen molar-refractivity contribution in [1.82, 2.24) is 14.5 Å². The number of imidazole rings is 1. The first-order valence-electron chi connectivity index (χ1n) is 25.7. The first-order chi connectivity index (χ1) is 31.2. The van der Waals surface area contributed by atoms with E-state index in [1.54, 1.807) is 0 Å². The summed E-state index contributed by atoms with van der Waals surface area (Å²) in [6.07, 6.45) is 33.3. The van der Waals surface area contributed by atoms with Crippen molar-refractivity contribution >= 4 is 47.5 Å². The molecule has 0 aliphatic heterocycles. The third-order valence-electron chi connectivity index (χ3n) is 12.1. The van der Waals surface area contributed by atoms with Gasteiger partial charge in [0.15, 0.2) is 11.9 Å². The van der Waals surface area contributed by atoms with E-state index in [0.29, 0.717) is 24.2 Å². The van der Waals surface area contributed by atoms with Gasteiger partial charge in [-0.1, -0.05) is 199 Å². The van der Waals surface area contributed by atoms with Gasteiger partial charge in [0.25, 0.3) is 0 Å². The second-order valence-corrected chi connectivity index (χ2v) is 19.3. The zero-order valence-electron chi connectivity index (χ0n) is 40.3. The Kier molecular flexibility index (Phi) is 29.6. The maximum Gasteiger partial charge on any atom is 0.472 e. The van der Waals surface area contributed by atoms with Crippen molar-refractivity contribution in [3.05, 3.63) is 30.1 Å². The Hall–Kier alpha value is -3.05. The Morgan fingerprint density at radius 3 is 1.66 bits per heavy atom. The molecule has 0 fully saturated rings. The molecule has 2 heterocycles. The van der Waals surface area contributed by atoms with Crippen molar-refractivity contribution in [2.24, 2.45) is 0 Å². The minimum atomic E-state index is -4.61. The fourth-order valence-electron chi connectivity index (χ4n) is 8.33. The number of pyridine rings is 1. The molecule has 364 valence electrons. The smallest absolute Gasteiger partial charge is 0.462 e. The topological polar surface area (TPSA) is 165 Å². The summed E-state index contributed by atoms with van der Waals surface area (Å²) in [5.41, 5.74) is 8.44. The molecular weight excluding hydrogens is 828 g/mol. The molecule has 13 heteroatoms. The highest BCUT2D eigenvalue weighted by Gasteiger charge is 2.27. The summed E-state index contributed by atoms with van der Waals surface area (Å²) in [5.74, 6) is 0.265. The number of phosphoric ester groups is 1. The van der Waals surface area contributed by atoms with E-state index in [1.807, 2.05) is 28.8 Å². The Balaban J connectivity index is 1.46. The van der Waals surface area contributed by atoms with E-state index in [9.17, 15) is 19.0 Å². The van der Waals surface area contributed by atoms with Crippen LogP contribution in [0.4, 0.5) is 5.82 Å². The van der Waals surface area contributed by atoms with Gasteiger partial charge in [-0.15, -0.1) is 0 Å². The number of carbonyl (C=O) groups is 2. The molecular formula is C51H87N4O8P. The second kappa shape index (κ2) is 34.3. The number of aromatic nitrogens is 3. The van der Waals surface area contributed by atoms with E-state index in [1.165, 1.54) is 122 Å². The lowest BCUT2D eigenvalue weighted by Gasteiger charge is -2.20. The van der Waals surface area contributed by atoms with Gasteiger partial charge < -0.3 is 24.7 Å². The van der Waals surface area contributed by atoms with Crippen LogP contribution >= 0.6 is 7.82 Å². The van der Waals surface area contributed by atoms with Gasteiger partial charge in [0, 0.05) is 31.2 Å². The Morgan fingerprint density at radius 1 is 0.641 bits per heavy atom. The first-order valence-corrected chi connectivity index (χ1v) is 27.2. The van der Waals surface area contributed by atoms with Crippen molar-refractivity contribution in [3.63, 3.8) is 0 Å². The number of nitrogens with two attached hydrogens (primary N) is 1. The SMILES string of the molecule is CCCCCCCCCCCCCCCC(=O)OC[C@H](COP(=O)(O)OCCn1c(CCCC)nc2c(N)nc3ccccc3c21)OC(=O)CCCCCCCCCCCCCCC. The Morgan fingerprint density at radius 2 is 1.12 bits per heavy atom. The number of unbranched alkanes of at least 4 members (excludes halogenated alkanes) is 25. The molecule has 0 radical (unpaired) electrons. The van der Waals surface area contributed by atoms with Crippen molar-refractivity contribution in [2.45, 2.75) is 232 Å². The largest absolute Gasteiger partial charge is 0.472 e. The molecule has 3 N–H and O–H groups in total. The van der Waals surface area contributed by atoms with Gasteiger partial charge in [-0.05, 0) is 25.3 Å². The van der Waals surface area contributed by atoms with E-state index >= 15 is 0 Å². The minimum Gasteiger partial charge on any atom is -0.462 e. The molecule has 64 heavy (non-hydrogen) atoms. The number of phosphoric acid groups is 1. The zero-order chi connectivity index (χ0) is 46.1. The number of anilines is 1. The van der Waals surface area contributed by atoms with Gasteiger partial charge in [-0.3, -0.25) is 18.6 Å². The molecule has 0 saturated carbocycles. The van der Waals surface area contributed by atoms with E-state index in [2.05, 4.69) is 25.8 Å². The standard InChI is InChI=1S/C51H87N4O8P/c1-4-7-10-12-14-16-18-20-22-24-26-28-30-37-47(56)60-41-43(63-48(57)38-31-29-27-25-23-21-19-17-15-13-11-8-5-2)42-62-64(58,59)61-40-39-55-46(36-9-6-3)54-49-50(55)44-34-32-33-35-45(44)53-51(49)52/h32-35,43H,4-31,36-42H2,1-3H3,(H2,52,53)(H,58,59)/t43-/m1/s1. The molecule has 1 aromatic carbocycles. The average Bonchev–Trinajstić information content (AvgIpc) is 3.65. The van der Waals surface area contributed by atoms with Gasteiger partial charge in [0.2, 0.25) is 0 Å². The van der Waals surface area contributed by atoms with Crippen LogP contribution in [0.5, 0.6) is 0 Å². The molecule has 0 bridgehead atoms. The average molecular weight is 915 g/mol.